The largest absolute Gasteiger partial charge is 0.360 e. The molecule has 0 amide bonds. The van der Waals surface area contributed by atoms with Gasteiger partial charge in [-0.2, -0.15) is 10.2 Å². The number of hydrogen-bond acceptors (Lipinski definition) is 8. The van der Waals surface area contributed by atoms with E-state index in [-0.39, 0.29) is 11.6 Å². The van der Waals surface area contributed by atoms with Crippen LogP contribution in [0.4, 0.5) is 5.82 Å². The SMILES string of the molecule is CC(Nc1ncnc2scnc12)c1cc2cccc(-c3ccnnc3)c2c(=O)n1-c1ccccc1. The van der Waals surface area contributed by atoms with Crippen molar-refractivity contribution in [1.29, 1.82) is 0 Å². The fraction of sp³-hybridized carbons (Fsp3) is 0.0769. The van der Waals surface area contributed by atoms with Crippen LogP contribution < -0.4 is 10.9 Å². The van der Waals surface area contributed by atoms with E-state index >= 15 is 0 Å². The third-order valence-corrected chi connectivity index (χ3v) is 6.65. The van der Waals surface area contributed by atoms with Crippen LogP contribution in [0, 0.1) is 0 Å². The van der Waals surface area contributed by atoms with Crippen molar-refractivity contribution < 1.29 is 0 Å². The molecule has 1 unspecified atom stereocenters. The number of anilines is 1. The Morgan fingerprint density at radius 3 is 2.69 bits per heavy atom. The summed E-state index contributed by atoms with van der Waals surface area (Å²) in [5, 5.41) is 12.8. The molecular formula is C26H19N7OS. The summed E-state index contributed by atoms with van der Waals surface area (Å²) in [5.41, 5.74) is 5.61. The van der Waals surface area contributed by atoms with Crippen LogP contribution in [-0.2, 0) is 0 Å². The number of nitrogens with zero attached hydrogens (tertiary/aromatic N) is 6. The number of para-hydroxylation sites is 1. The molecule has 35 heavy (non-hydrogen) atoms. The summed E-state index contributed by atoms with van der Waals surface area (Å²) in [5.74, 6) is 0.632. The van der Waals surface area contributed by atoms with Crippen molar-refractivity contribution in [2.75, 3.05) is 5.32 Å². The van der Waals surface area contributed by atoms with Gasteiger partial charge in [-0.1, -0.05) is 36.4 Å². The molecule has 0 saturated heterocycles. The van der Waals surface area contributed by atoms with E-state index in [1.54, 1.807) is 22.5 Å². The number of fused-ring (bicyclic) bond motifs is 2. The van der Waals surface area contributed by atoms with Crippen LogP contribution in [-0.4, -0.2) is 29.7 Å². The van der Waals surface area contributed by atoms with E-state index in [1.165, 1.54) is 17.7 Å². The average molecular weight is 478 g/mol. The second-order valence-corrected chi connectivity index (χ2v) is 8.87. The van der Waals surface area contributed by atoms with Gasteiger partial charge in [0.15, 0.2) is 5.82 Å². The zero-order valence-electron chi connectivity index (χ0n) is 18.7. The number of aromatic nitrogens is 6. The Balaban J connectivity index is 1.58. The zero-order valence-corrected chi connectivity index (χ0v) is 19.5. The van der Waals surface area contributed by atoms with Gasteiger partial charge in [0.2, 0.25) is 0 Å². The van der Waals surface area contributed by atoms with E-state index in [0.29, 0.717) is 16.7 Å². The third-order valence-electron chi connectivity index (χ3n) is 5.92. The molecule has 170 valence electrons. The first-order valence-electron chi connectivity index (χ1n) is 11.0. The Morgan fingerprint density at radius 1 is 0.971 bits per heavy atom. The maximum Gasteiger partial charge on any atom is 0.263 e. The summed E-state index contributed by atoms with van der Waals surface area (Å²) >= 11 is 1.46. The van der Waals surface area contributed by atoms with Crippen molar-refractivity contribution in [3.8, 4) is 16.8 Å². The predicted octanol–water partition coefficient (Wildman–Crippen LogP) is 5.02. The molecule has 4 aromatic heterocycles. The van der Waals surface area contributed by atoms with Gasteiger partial charge in [0.05, 0.1) is 29.3 Å². The minimum Gasteiger partial charge on any atom is -0.360 e. The number of benzene rings is 2. The van der Waals surface area contributed by atoms with Crippen molar-refractivity contribution in [3.63, 3.8) is 0 Å². The lowest BCUT2D eigenvalue weighted by atomic mass is 9.99. The lowest BCUT2D eigenvalue weighted by Crippen LogP contribution is -2.26. The first kappa shape index (κ1) is 21.1. The van der Waals surface area contributed by atoms with Crippen molar-refractivity contribution in [2.24, 2.45) is 0 Å². The van der Waals surface area contributed by atoms with E-state index in [2.05, 4.69) is 36.5 Å². The molecule has 0 bridgehead atoms. The van der Waals surface area contributed by atoms with Crippen LogP contribution in [0.5, 0.6) is 0 Å². The Bertz CT molecular complexity index is 1710. The molecule has 6 aromatic rings. The monoisotopic (exact) mass is 477 g/mol. The van der Waals surface area contributed by atoms with E-state index in [4.69, 9.17) is 0 Å². The van der Waals surface area contributed by atoms with Gasteiger partial charge in [-0.15, -0.1) is 11.3 Å². The molecule has 0 aliphatic carbocycles. The molecule has 0 saturated carbocycles. The highest BCUT2D eigenvalue weighted by Crippen LogP contribution is 2.30. The van der Waals surface area contributed by atoms with Gasteiger partial charge in [0, 0.05) is 16.9 Å². The molecule has 4 heterocycles. The smallest absolute Gasteiger partial charge is 0.263 e. The molecule has 0 spiro atoms. The molecule has 0 aliphatic rings. The standard InChI is InChI=1S/C26H19N7OS/c1-16(32-24-23-25(28-14-27-24)35-15-29-23)21-12-17-6-5-9-20(18-10-11-30-31-13-18)22(17)26(34)33(21)19-7-3-2-4-8-19/h2-16H,1H3,(H,27,28,32). The molecule has 2 aromatic carbocycles. The fourth-order valence-corrected chi connectivity index (χ4v) is 4.94. The van der Waals surface area contributed by atoms with Crippen LogP contribution in [0.15, 0.2) is 89.7 Å². The Kier molecular flexibility index (Phi) is 5.23. The molecule has 1 atom stereocenters. The minimum atomic E-state index is -0.252. The second-order valence-electron chi connectivity index (χ2n) is 8.04. The van der Waals surface area contributed by atoms with Gasteiger partial charge in [-0.05, 0) is 42.1 Å². The van der Waals surface area contributed by atoms with Gasteiger partial charge in [-0.25, -0.2) is 15.0 Å². The predicted molar refractivity (Wildman–Crippen MR) is 138 cm³/mol. The van der Waals surface area contributed by atoms with Gasteiger partial charge in [0.25, 0.3) is 5.56 Å². The van der Waals surface area contributed by atoms with E-state index in [9.17, 15) is 4.79 Å². The molecule has 0 fully saturated rings. The van der Waals surface area contributed by atoms with Crippen LogP contribution in [0.2, 0.25) is 0 Å². The summed E-state index contributed by atoms with van der Waals surface area (Å²) in [6, 6.07) is 19.2. The maximum absolute atomic E-state index is 14.1. The normalized spacial score (nSPS) is 12.1. The molecule has 1 N–H and O–H groups in total. The lowest BCUT2D eigenvalue weighted by molar-refractivity contribution is 0.774. The van der Waals surface area contributed by atoms with Crippen LogP contribution in [0.25, 0.3) is 37.9 Å². The summed E-state index contributed by atoms with van der Waals surface area (Å²) < 4.78 is 1.76. The van der Waals surface area contributed by atoms with Crippen molar-refractivity contribution in [2.45, 2.75) is 13.0 Å². The molecule has 0 radical (unpaired) electrons. The Morgan fingerprint density at radius 2 is 1.86 bits per heavy atom. The average Bonchev–Trinajstić information content (AvgIpc) is 3.39. The van der Waals surface area contributed by atoms with Crippen molar-refractivity contribution in [3.05, 3.63) is 101 Å². The highest BCUT2D eigenvalue weighted by atomic mass is 32.1. The number of thiazole rings is 1. The molecule has 0 aliphatic heterocycles. The summed E-state index contributed by atoms with van der Waals surface area (Å²) in [4.78, 5) is 28.0. The van der Waals surface area contributed by atoms with Crippen LogP contribution >= 0.6 is 11.3 Å². The fourth-order valence-electron chi connectivity index (χ4n) is 4.31. The van der Waals surface area contributed by atoms with Gasteiger partial charge < -0.3 is 5.32 Å². The number of rotatable bonds is 5. The summed E-state index contributed by atoms with van der Waals surface area (Å²) in [6.45, 7) is 2.01. The topological polar surface area (TPSA) is 98.5 Å². The summed E-state index contributed by atoms with van der Waals surface area (Å²) in [7, 11) is 0. The van der Waals surface area contributed by atoms with E-state index < -0.39 is 0 Å². The first-order valence-corrected chi connectivity index (χ1v) is 11.9. The maximum atomic E-state index is 14.1. The third kappa shape index (κ3) is 3.71. The van der Waals surface area contributed by atoms with Crippen LogP contribution in [0.1, 0.15) is 18.7 Å². The molecule has 9 heteroatoms. The second kappa shape index (κ2) is 8.69. The van der Waals surface area contributed by atoms with E-state index in [1.807, 2.05) is 61.5 Å². The zero-order chi connectivity index (χ0) is 23.8. The van der Waals surface area contributed by atoms with E-state index in [0.717, 1.165) is 32.7 Å². The quantitative estimate of drug-likeness (QED) is 0.372. The van der Waals surface area contributed by atoms with Gasteiger partial charge >= 0.3 is 0 Å². The van der Waals surface area contributed by atoms with Crippen molar-refractivity contribution >= 4 is 38.3 Å². The molecule has 6 rings (SSSR count). The Labute approximate surface area is 204 Å². The number of pyridine rings is 1. The summed E-state index contributed by atoms with van der Waals surface area (Å²) in [6.07, 6.45) is 4.83. The minimum absolute atomic E-state index is 0.105. The molecule has 8 nitrogen and oxygen atoms in total. The lowest BCUT2D eigenvalue weighted by Gasteiger charge is -2.22. The highest BCUT2D eigenvalue weighted by molar-refractivity contribution is 7.16. The number of hydrogen-bond donors (Lipinski definition) is 1. The van der Waals surface area contributed by atoms with Crippen LogP contribution in [0.3, 0.4) is 0 Å². The first-order chi connectivity index (χ1) is 17.2. The number of nitrogens with one attached hydrogen (secondary N) is 1. The molecular weight excluding hydrogens is 458 g/mol. The highest BCUT2D eigenvalue weighted by Gasteiger charge is 2.20. The van der Waals surface area contributed by atoms with Crippen molar-refractivity contribution in [1.82, 2.24) is 29.7 Å². The van der Waals surface area contributed by atoms with Gasteiger partial charge in [0.1, 0.15) is 16.7 Å². The Hall–Kier alpha value is -4.50. The van der Waals surface area contributed by atoms with Gasteiger partial charge in [-0.3, -0.25) is 9.36 Å².